The lowest BCUT2D eigenvalue weighted by Crippen LogP contribution is -2.29. The summed E-state index contributed by atoms with van der Waals surface area (Å²) in [6, 6.07) is 0. The van der Waals surface area contributed by atoms with Gasteiger partial charge in [-0.3, -0.25) is 18.6 Å². The molecule has 0 aliphatic rings. The Kier molecular flexibility index (Phi) is 39.2. The van der Waals surface area contributed by atoms with Gasteiger partial charge in [-0.15, -0.1) is 0 Å². The smallest absolute Gasteiger partial charge is 0.462 e. The molecule has 9 nitrogen and oxygen atoms in total. The maximum atomic E-state index is 12.6. The molecule has 0 radical (unpaired) electrons. The number of hydrogen-bond acceptors (Lipinski definition) is 8. The number of unbranched alkanes of at least 4 members (excludes halogenated alkanes) is 14. The van der Waals surface area contributed by atoms with Crippen LogP contribution in [0.2, 0.25) is 0 Å². The Balaban J connectivity index is 4.22. The summed E-state index contributed by atoms with van der Waals surface area (Å²) < 4.78 is 32.7. The summed E-state index contributed by atoms with van der Waals surface area (Å²) in [5, 5.41) is 0. The van der Waals surface area contributed by atoms with Gasteiger partial charge in [0.1, 0.15) is 6.61 Å². The molecule has 0 fully saturated rings. The summed E-state index contributed by atoms with van der Waals surface area (Å²) in [5.74, 6) is -0.867. The summed E-state index contributed by atoms with van der Waals surface area (Å²) in [7, 11) is -4.39. The van der Waals surface area contributed by atoms with Crippen LogP contribution < -0.4 is 5.73 Å². The number of phosphoric acid groups is 1. The van der Waals surface area contributed by atoms with E-state index in [4.69, 9.17) is 24.3 Å². The van der Waals surface area contributed by atoms with Crippen molar-refractivity contribution < 1.29 is 37.6 Å². The first-order valence-electron chi connectivity index (χ1n) is 21.4. The molecule has 2 atom stereocenters. The quantitative estimate of drug-likeness (QED) is 0.0270. The first kappa shape index (κ1) is 52.5. The van der Waals surface area contributed by atoms with E-state index in [1.165, 1.54) is 25.7 Å². The van der Waals surface area contributed by atoms with E-state index in [1.54, 1.807) is 0 Å². The molecule has 3 N–H and O–H groups in total. The molecule has 0 aliphatic carbocycles. The normalized spacial score (nSPS) is 14.0. The second kappa shape index (κ2) is 41.1. The van der Waals surface area contributed by atoms with Gasteiger partial charge in [0.15, 0.2) is 6.10 Å². The van der Waals surface area contributed by atoms with Crippen molar-refractivity contribution in [3.8, 4) is 0 Å². The SMILES string of the molecule is CC/C=C\C/C=C\C/C=C\C/C=C\CCCCCCCCC(=O)OC(COC(=O)CCCCCCC/C=C\C/C=C\CCCCC)COP(=O)(O)OCCN. The zero-order chi connectivity index (χ0) is 40.3. The third kappa shape index (κ3) is 40.9. The number of hydrogen-bond donors (Lipinski definition) is 2. The molecule has 316 valence electrons. The highest BCUT2D eigenvalue weighted by molar-refractivity contribution is 7.47. The number of phosphoric ester groups is 1. The highest BCUT2D eigenvalue weighted by atomic mass is 31.2. The zero-order valence-electron chi connectivity index (χ0n) is 34.6. The van der Waals surface area contributed by atoms with Crippen LogP contribution in [0.1, 0.15) is 168 Å². The summed E-state index contributed by atoms with van der Waals surface area (Å²) in [6.45, 7) is 3.54. The highest BCUT2D eigenvalue weighted by Gasteiger charge is 2.26. The number of rotatable bonds is 39. The van der Waals surface area contributed by atoms with Gasteiger partial charge in [0.25, 0.3) is 0 Å². The minimum absolute atomic E-state index is 0.0450. The van der Waals surface area contributed by atoms with Gasteiger partial charge in [0.05, 0.1) is 13.2 Å². The molecular formula is C45H78NO8P. The van der Waals surface area contributed by atoms with E-state index >= 15 is 0 Å². The molecule has 2 unspecified atom stereocenters. The fourth-order valence-electron chi connectivity index (χ4n) is 5.42. The van der Waals surface area contributed by atoms with E-state index < -0.39 is 32.5 Å². The Bertz CT molecular complexity index is 1130. The largest absolute Gasteiger partial charge is 0.472 e. The fourth-order valence-corrected chi connectivity index (χ4v) is 6.18. The standard InChI is InChI=1S/C45H78NO8P/c1-3-5-7-9-11-13-15-17-19-20-21-22-24-26-28-30-32-34-36-38-45(48)54-43(42-53-55(49,50)52-40-39-46)41-51-44(47)37-35-33-31-29-27-25-23-18-16-14-12-10-8-6-4-2/h5,7,11-14,17-19,21-23,43H,3-4,6,8-10,15-16,20,24-42,46H2,1-2H3,(H,49,50)/b7-5-,13-11-,14-12-,19-17-,22-21-,23-18-. The number of ether oxygens (including phenoxy) is 2. The number of esters is 2. The average molecular weight is 792 g/mol. The summed E-state index contributed by atoms with van der Waals surface area (Å²) >= 11 is 0. The van der Waals surface area contributed by atoms with Crippen LogP contribution in [0.4, 0.5) is 0 Å². The predicted octanol–water partition coefficient (Wildman–Crippen LogP) is 12.3. The average Bonchev–Trinajstić information content (AvgIpc) is 3.17. The van der Waals surface area contributed by atoms with Crippen LogP contribution in [0.5, 0.6) is 0 Å². The van der Waals surface area contributed by atoms with Crippen LogP contribution in [0.25, 0.3) is 0 Å². The van der Waals surface area contributed by atoms with Crippen LogP contribution in [0.15, 0.2) is 72.9 Å². The van der Waals surface area contributed by atoms with E-state index in [-0.39, 0.29) is 32.6 Å². The minimum atomic E-state index is -4.39. The molecule has 55 heavy (non-hydrogen) atoms. The molecule has 0 aliphatic heterocycles. The topological polar surface area (TPSA) is 134 Å². The van der Waals surface area contributed by atoms with Gasteiger partial charge in [0.2, 0.25) is 0 Å². The number of allylic oxidation sites excluding steroid dienone is 12. The van der Waals surface area contributed by atoms with Gasteiger partial charge in [-0.05, 0) is 83.5 Å². The van der Waals surface area contributed by atoms with Gasteiger partial charge in [-0.1, -0.05) is 145 Å². The van der Waals surface area contributed by atoms with Crippen LogP contribution in [0, 0.1) is 0 Å². The first-order chi connectivity index (χ1) is 26.8. The van der Waals surface area contributed by atoms with E-state index in [2.05, 4.69) is 86.8 Å². The van der Waals surface area contributed by atoms with Crippen LogP contribution in [-0.4, -0.2) is 49.3 Å². The molecule has 0 aromatic heterocycles. The van der Waals surface area contributed by atoms with Gasteiger partial charge in [-0.25, -0.2) is 4.57 Å². The molecule has 0 aromatic rings. The van der Waals surface area contributed by atoms with Crippen LogP contribution >= 0.6 is 7.82 Å². The zero-order valence-corrected chi connectivity index (χ0v) is 35.5. The Morgan fingerprint density at radius 2 is 1.00 bits per heavy atom. The molecule has 0 rings (SSSR count). The maximum Gasteiger partial charge on any atom is 0.472 e. The summed E-state index contributed by atoms with van der Waals surface area (Å²) in [6.07, 6.45) is 49.2. The first-order valence-corrected chi connectivity index (χ1v) is 22.9. The Labute approximate surface area is 335 Å². The lowest BCUT2D eigenvalue weighted by molar-refractivity contribution is -0.161. The molecule has 0 saturated heterocycles. The Hall–Kier alpha value is -2.55. The summed E-state index contributed by atoms with van der Waals surface area (Å²) in [4.78, 5) is 34.9. The van der Waals surface area contributed by atoms with Crippen molar-refractivity contribution in [3.63, 3.8) is 0 Å². The van der Waals surface area contributed by atoms with E-state index in [0.29, 0.717) is 12.8 Å². The molecule has 0 spiro atoms. The van der Waals surface area contributed by atoms with Gasteiger partial charge in [0, 0.05) is 19.4 Å². The maximum absolute atomic E-state index is 12.6. The van der Waals surface area contributed by atoms with Crippen molar-refractivity contribution in [2.75, 3.05) is 26.4 Å². The van der Waals surface area contributed by atoms with E-state index in [9.17, 15) is 19.0 Å². The predicted molar refractivity (Wildman–Crippen MR) is 229 cm³/mol. The van der Waals surface area contributed by atoms with Gasteiger partial charge >= 0.3 is 19.8 Å². The van der Waals surface area contributed by atoms with E-state index in [1.807, 2.05) is 0 Å². The fraction of sp³-hybridized carbons (Fsp3) is 0.689. The molecule has 0 heterocycles. The van der Waals surface area contributed by atoms with Crippen molar-refractivity contribution in [1.82, 2.24) is 0 Å². The third-order valence-corrected chi connectivity index (χ3v) is 9.56. The second-order valence-corrected chi connectivity index (χ2v) is 15.3. The number of nitrogens with two attached hydrogens (primary N) is 1. The molecule has 10 heteroatoms. The van der Waals surface area contributed by atoms with Crippen molar-refractivity contribution in [1.29, 1.82) is 0 Å². The number of carbonyl (C=O) groups is 2. The molecule has 0 aromatic carbocycles. The lowest BCUT2D eigenvalue weighted by Gasteiger charge is -2.19. The van der Waals surface area contributed by atoms with Gasteiger partial charge < -0.3 is 20.1 Å². The van der Waals surface area contributed by atoms with Crippen molar-refractivity contribution in [2.45, 2.75) is 174 Å². The highest BCUT2D eigenvalue weighted by Crippen LogP contribution is 2.43. The molecule has 0 bridgehead atoms. The molecule has 0 amide bonds. The van der Waals surface area contributed by atoms with Crippen LogP contribution in [-0.2, 0) is 32.7 Å². The monoisotopic (exact) mass is 792 g/mol. The minimum Gasteiger partial charge on any atom is -0.462 e. The molecular weight excluding hydrogens is 713 g/mol. The lowest BCUT2D eigenvalue weighted by atomic mass is 10.1. The Morgan fingerprint density at radius 3 is 1.49 bits per heavy atom. The number of carbonyl (C=O) groups excluding carboxylic acids is 2. The third-order valence-electron chi connectivity index (χ3n) is 8.58. The Morgan fingerprint density at radius 1 is 0.564 bits per heavy atom. The van der Waals surface area contributed by atoms with Crippen molar-refractivity contribution in [2.24, 2.45) is 5.73 Å². The van der Waals surface area contributed by atoms with Crippen molar-refractivity contribution >= 4 is 19.8 Å². The van der Waals surface area contributed by atoms with Gasteiger partial charge in [-0.2, -0.15) is 0 Å². The van der Waals surface area contributed by atoms with Crippen molar-refractivity contribution in [3.05, 3.63) is 72.9 Å². The van der Waals surface area contributed by atoms with Crippen LogP contribution in [0.3, 0.4) is 0 Å². The second-order valence-electron chi connectivity index (χ2n) is 13.8. The molecule has 0 saturated carbocycles. The summed E-state index contributed by atoms with van der Waals surface area (Å²) in [5.41, 5.74) is 5.34. The van der Waals surface area contributed by atoms with E-state index in [0.717, 1.165) is 103 Å².